The van der Waals surface area contributed by atoms with Crippen LogP contribution >= 0.6 is 0 Å². The summed E-state index contributed by atoms with van der Waals surface area (Å²) in [6.07, 6.45) is 0. The molecular weight excluding hydrogens is 819 g/mol. The lowest BCUT2D eigenvalue weighted by molar-refractivity contribution is 0.590. The summed E-state index contributed by atoms with van der Waals surface area (Å²) < 4.78 is 0. The average Bonchev–Trinajstić information content (AvgIpc) is 3.86. The molecule has 0 unspecified atom stereocenters. The number of anilines is 3. The van der Waals surface area contributed by atoms with E-state index in [0.717, 1.165) is 17.1 Å². The normalized spacial score (nSPS) is 13.8. The van der Waals surface area contributed by atoms with E-state index in [2.05, 4.69) is 281 Å². The van der Waals surface area contributed by atoms with Crippen molar-refractivity contribution >= 4 is 17.1 Å². The molecule has 0 saturated carbocycles. The molecule has 0 aliphatic heterocycles. The molecule has 1 heteroatoms. The van der Waals surface area contributed by atoms with Crippen LogP contribution in [0.1, 0.15) is 76.4 Å². The topological polar surface area (TPSA) is 3.24 Å². The minimum atomic E-state index is -0.546. The maximum absolute atomic E-state index is 2.56. The van der Waals surface area contributed by atoms with Gasteiger partial charge in [0.15, 0.2) is 0 Å². The predicted molar refractivity (Wildman–Crippen MR) is 285 cm³/mol. The van der Waals surface area contributed by atoms with E-state index >= 15 is 0 Å². The Balaban J connectivity index is 1.15. The molecule has 0 amide bonds. The van der Waals surface area contributed by atoms with E-state index in [1.54, 1.807) is 0 Å². The van der Waals surface area contributed by atoms with Crippen LogP contribution in [0.5, 0.6) is 0 Å². The van der Waals surface area contributed by atoms with E-state index in [1.165, 1.54) is 89.0 Å². The smallest absolute Gasteiger partial charge is 0.0714 e. The van der Waals surface area contributed by atoms with Crippen molar-refractivity contribution in [2.45, 2.75) is 43.9 Å². The Labute approximate surface area is 401 Å². The fraction of sp³-hybridized carbons (Fsp3) is 0.104. The van der Waals surface area contributed by atoms with Crippen LogP contribution in [0.3, 0.4) is 0 Å². The molecule has 0 radical (unpaired) electrons. The molecule has 0 spiro atoms. The van der Waals surface area contributed by atoms with Gasteiger partial charge in [-0.25, -0.2) is 0 Å². The molecule has 10 aromatic carbocycles. The lowest BCUT2D eigenvalue weighted by Gasteiger charge is -2.36. The Morgan fingerprint density at radius 3 is 1.34 bits per heavy atom. The first-order valence-corrected chi connectivity index (χ1v) is 24.0. The van der Waals surface area contributed by atoms with Gasteiger partial charge in [0.05, 0.1) is 16.5 Å². The maximum Gasteiger partial charge on any atom is 0.0714 e. The second kappa shape index (κ2) is 16.1. The molecule has 326 valence electrons. The summed E-state index contributed by atoms with van der Waals surface area (Å²) >= 11 is 0. The molecule has 1 nitrogen and oxygen atoms in total. The summed E-state index contributed by atoms with van der Waals surface area (Å²) in [5, 5.41) is 0. The summed E-state index contributed by atoms with van der Waals surface area (Å²) in [6.45, 7) is 9.12. The largest absolute Gasteiger partial charge is 0.310 e. The molecule has 0 saturated heterocycles. The second-order valence-corrected chi connectivity index (χ2v) is 19.6. The molecular formula is C67H53N. The third kappa shape index (κ3) is 6.22. The number of benzene rings is 10. The average molecular weight is 872 g/mol. The summed E-state index contributed by atoms with van der Waals surface area (Å²) in [6, 6.07) is 93.2. The number of hydrogen-bond donors (Lipinski definition) is 0. The molecule has 68 heavy (non-hydrogen) atoms. The van der Waals surface area contributed by atoms with Crippen LogP contribution in [0, 0.1) is 6.92 Å². The van der Waals surface area contributed by atoms with Crippen molar-refractivity contribution in [2.24, 2.45) is 0 Å². The molecule has 0 atom stereocenters. The zero-order valence-electron chi connectivity index (χ0n) is 39.1. The Morgan fingerprint density at radius 2 is 0.794 bits per heavy atom. The quantitative estimate of drug-likeness (QED) is 0.147. The van der Waals surface area contributed by atoms with Gasteiger partial charge in [-0.15, -0.1) is 0 Å². The highest BCUT2D eigenvalue weighted by Crippen LogP contribution is 2.61. The standard InChI is InChI=1S/C67H53N/c1-46-44-48(47-36-39-49(40-37-47)65(2,3)4)38-43-62(46)68(54-41-42-56-55-30-17-19-32-58(55)67(61(56)45-54,52-26-13-7-14-27-52)53-28-15-8-16-29-53)63-35-21-34-60-64(63)57-31-18-20-33-59(57)66(60,50-22-9-5-10-23-50)51-24-11-6-12-25-51/h5-45H,1-4H3. The van der Waals surface area contributed by atoms with Gasteiger partial charge in [-0.1, -0.05) is 239 Å². The zero-order chi connectivity index (χ0) is 46.0. The van der Waals surface area contributed by atoms with E-state index in [9.17, 15) is 0 Å². The van der Waals surface area contributed by atoms with Crippen molar-refractivity contribution in [2.75, 3.05) is 4.90 Å². The van der Waals surface area contributed by atoms with E-state index in [0.29, 0.717) is 0 Å². The van der Waals surface area contributed by atoms with E-state index in [4.69, 9.17) is 0 Å². The van der Waals surface area contributed by atoms with Gasteiger partial charge in [-0.2, -0.15) is 0 Å². The molecule has 0 bridgehead atoms. The third-order valence-corrected chi connectivity index (χ3v) is 14.9. The summed E-state index contributed by atoms with van der Waals surface area (Å²) in [7, 11) is 0. The number of rotatable bonds is 8. The highest BCUT2D eigenvalue weighted by Gasteiger charge is 2.49. The molecule has 2 aliphatic rings. The van der Waals surface area contributed by atoms with E-state index in [-0.39, 0.29) is 5.41 Å². The number of fused-ring (bicyclic) bond motifs is 6. The number of hydrogen-bond acceptors (Lipinski definition) is 1. The highest BCUT2D eigenvalue weighted by atomic mass is 15.1. The van der Waals surface area contributed by atoms with Crippen LogP contribution < -0.4 is 4.90 Å². The minimum Gasteiger partial charge on any atom is -0.310 e. The van der Waals surface area contributed by atoms with Gasteiger partial charge in [0.25, 0.3) is 0 Å². The molecule has 0 N–H and O–H groups in total. The summed E-state index contributed by atoms with van der Waals surface area (Å²) in [4.78, 5) is 2.56. The maximum atomic E-state index is 2.56. The monoisotopic (exact) mass is 871 g/mol. The third-order valence-electron chi connectivity index (χ3n) is 14.9. The second-order valence-electron chi connectivity index (χ2n) is 19.6. The highest BCUT2D eigenvalue weighted by molar-refractivity contribution is 5.99. The molecule has 0 heterocycles. The SMILES string of the molecule is Cc1cc(-c2ccc(C(C)(C)C)cc2)ccc1N(c1ccc2c(c1)C(c1ccccc1)(c1ccccc1)c1ccccc1-2)c1cccc2c1-c1ccccc1C2(c1ccccc1)c1ccccc1. The van der Waals surface area contributed by atoms with Gasteiger partial charge in [0.1, 0.15) is 0 Å². The van der Waals surface area contributed by atoms with E-state index in [1.807, 2.05) is 0 Å². The van der Waals surface area contributed by atoms with Gasteiger partial charge >= 0.3 is 0 Å². The van der Waals surface area contributed by atoms with Gasteiger partial charge < -0.3 is 4.90 Å². The first-order chi connectivity index (χ1) is 33.3. The van der Waals surface area contributed by atoms with Crippen molar-refractivity contribution in [3.63, 3.8) is 0 Å². The van der Waals surface area contributed by atoms with Crippen molar-refractivity contribution in [3.8, 4) is 33.4 Å². The lowest BCUT2D eigenvalue weighted by atomic mass is 9.67. The number of nitrogens with zero attached hydrogens (tertiary/aromatic N) is 1. The fourth-order valence-corrected chi connectivity index (χ4v) is 11.9. The van der Waals surface area contributed by atoms with Gasteiger partial charge in [-0.05, 0) is 126 Å². The van der Waals surface area contributed by atoms with Crippen molar-refractivity contribution in [1.82, 2.24) is 0 Å². The van der Waals surface area contributed by atoms with Crippen LogP contribution in [0.4, 0.5) is 17.1 Å². The Hall–Kier alpha value is -8.00. The molecule has 10 aromatic rings. The van der Waals surface area contributed by atoms with Crippen LogP contribution in [0.15, 0.2) is 249 Å². The van der Waals surface area contributed by atoms with Gasteiger partial charge in [0, 0.05) is 16.9 Å². The predicted octanol–water partition coefficient (Wildman–Crippen LogP) is 17.2. The first kappa shape index (κ1) is 41.4. The zero-order valence-corrected chi connectivity index (χ0v) is 39.1. The number of aryl methyl sites for hydroxylation is 1. The minimum absolute atomic E-state index is 0.0851. The molecule has 0 aromatic heterocycles. The van der Waals surface area contributed by atoms with Gasteiger partial charge in [-0.3, -0.25) is 0 Å². The van der Waals surface area contributed by atoms with Gasteiger partial charge in [0.2, 0.25) is 0 Å². The summed E-state index contributed by atoms with van der Waals surface area (Å²) in [5.74, 6) is 0. The molecule has 2 aliphatic carbocycles. The van der Waals surface area contributed by atoms with Crippen LogP contribution in [0.25, 0.3) is 33.4 Å². The van der Waals surface area contributed by atoms with Crippen LogP contribution in [-0.4, -0.2) is 0 Å². The fourth-order valence-electron chi connectivity index (χ4n) is 11.9. The Morgan fingerprint density at radius 1 is 0.338 bits per heavy atom. The van der Waals surface area contributed by atoms with Crippen molar-refractivity contribution < 1.29 is 0 Å². The Kier molecular flexibility index (Phi) is 9.82. The first-order valence-electron chi connectivity index (χ1n) is 24.0. The van der Waals surface area contributed by atoms with Crippen molar-refractivity contribution in [1.29, 1.82) is 0 Å². The molecule has 0 fully saturated rings. The lowest BCUT2D eigenvalue weighted by Crippen LogP contribution is -2.29. The Bertz CT molecular complexity index is 3390. The summed E-state index contributed by atoms with van der Waals surface area (Å²) in [5.41, 5.74) is 22.6. The van der Waals surface area contributed by atoms with Crippen molar-refractivity contribution in [3.05, 3.63) is 304 Å². The van der Waals surface area contributed by atoms with Crippen LogP contribution in [0.2, 0.25) is 0 Å². The van der Waals surface area contributed by atoms with E-state index < -0.39 is 10.8 Å². The molecule has 12 rings (SSSR count). The van der Waals surface area contributed by atoms with Crippen LogP contribution in [-0.2, 0) is 16.2 Å².